The molecule has 0 radical (unpaired) electrons. The van der Waals surface area contributed by atoms with Crippen LogP contribution >= 0.6 is 0 Å². The van der Waals surface area contributed by atoms with E-state index in [2.05, 4.69) is 36.5 Å². The van der Waals surface area contributed by atoms with E-state index in [0.29, 0.717) is 18.0 Å². The monoisotopic (exact) mass is 184 g/mol. The van der Waals surface area contributed by atoms with E-state index in [-0.39, 0.29) is 0 Å². The van der Waals surface area contributed by atoms with Gasteiger partial charge in [0, 0.05) is 6.04 Å². The van der Waals surface area contributed by atoms with E-state index in [4.69, 9.17) is 5.84 Å². The molecule has 76 valence electrons. The van der Waals surface area contributed by atoms with Crippen LogP contribution in [0.15, 0.2) is 4.99 Å². The normalized spacial score (nSPS) is 28.5. The third-order valence-electron chi connectivity index (χ3n) is 2.22. The van der Waals surface area contributed by atoms with Crippen LogP contribution in [0.4, 0.5) is 0 Å². The summed E-state index contributed by atoms with van der Waals surface area (Å²) in [5.74, 6) is 6.88. The van der Waals surface area contributed by atoms with Gasteiger partial charge >= 0.3 is 0 Å². The molecule has 4 heteroatoms. The van der Waals surface area contributed by atoms with Crippen LogP contribution in [0, 0.1) is 5.92 Å². The summed E-state index contributed by atoms with van der Waals surface area (Å²) in [7, 11) is 0. The smallest absolute Gasteiger partial charge is 0.206 e. The zero-order valence-electron chi connectivity index (χ0n) is 8.67. The molecule has 1 saturated carbocycles. The second kappa shape index (κ2) is 4.46. The molecule has 0 aliphatic heterocycles. The molecule has 0 aromatic rings. The van der Waals surface area contributed by atoms with E-state index in [1.54, 1.807) is 0 Å². The second-order valence-corrected chi connectivity index (χ2v) is 4.15. The first kappa shape index (κ1) is 10.3. The highest BCUT2D eigenvalue weighted by Gasteiger charge is 2.25. The number of nitrogens with one attached hydrogen (secondary N) is 2. The standard InChI is InChI=1S/C9H20N4/c1-6(2)11-9(13-10)12-8-4-7(3)5-8/h6-8H,4-5,10H2,1-3H3,(H2,11,12,13). The van der Waals surface area contributed by atoms with Crippen LogP contribution in [0.3, 0.4) is 0 Å². The molecule has 0 unspecified atom stereocenters. The highest BCUT2D eigenvalue weighted by Crippen LogP contribution is 2.28. The average molecular weight is 184 g/mol. The van der Waals surface area contributed by atoms with Crippen molar-refractivity contribution in [1.82, 2.24) is 10.7 Å². The van der Waals surface area contributed by atoms with Crippen molar-refractivity contribution in [2.24, 2.45) is 16.8 Å². The van der Waals surface area contributed by atoms with Crippen LogP contribution in [-0.4, -0.2) is 18.0 Å². The van der Waals surface area contributed by atoms with Crippen LogP contribution in [0.25, 0.3) is 0 Å². The lowest BCUT2D eigenvalue weighted by atomic mass is 9.82. The molecular weight excluding hydrogens is 164 g/mol. The summed E-state index contributed by atoms with van der Waals surface area (Å²) in [6.07, 6.45) is 2.37. The molecule has 4 N–H and O–H groups in total. The van der Waals surface area contributed by atoms with Gasteiger partial charge in [-0.2, -0.15) is 0 Å². The summed E-state index contributed by atoms with van der Waals surface area (Å²) < 4.78 is 0. The number of hydrogen-bond donors (Lipinski definition) is 3. The summed E-state index contributed by atoms with van der Waals surface area (Å²) in [6.45, 7) is 6.38. The summed E-state index contributed by atoms with van der Waals surface area (Å²) in [5, 5.41) is 3.16. The molecule has 4 nitrogen and oxygen atoms in total. The fourth-order valence-corrected chi connectivity index (χ4v) is 1.54. The van der Waals surface area contributed by atoms with E-state index in [1.807, 2.05) is 0 Å². The minimum absolute atomic E-state index is 0.368. The maximum atomic E-state index is 5.34. The fourth-order valence-electron chi connectivity index (χ4n) is 1.54. The molecule has 1 rings (SSSR count). The largest absolute Gasteiger partial charge is 0.353 e. The summed E-state index contributed by atoms with van der Waals surface area (Å²) in [4.78, 5) is 4.46. The summed E-state index contributed by atoms with van der Waals surface area (Å²) in [5.41, 5.74) is 2.59. The Kier molecular flexibility index (Phi) is 3.54. The number of hydrogen-bond acceptors (Lipinski definition) is 2. The molecule has 0 saturated heterocycles. The van der Waals surface area contributed by atoms with E-state index >= 15 is 0 Å². The molecule has 13 heavy (non-hydrogen) atoms. The van der Waals surface area contributed by atoms with E-state index in [0.717, 1.165) is 5.92 Å². The molecular formula is C9H20N4. The van der Waals surface area contributed by atoms with Gasteiger partial charge in [0.05, 0.1) is 6.04 Å². The van der Waals surface area contributed by atoms with Gasteiger partial charge in [-0.1, -0.05) is 6.92 Å². The first-order valence-electron chi connectivity index (χ1n) is 4.92. The number of rotatable bonds is 2. The van der Waals surface area contributed by atoms with Gasteiger partial charge < -0.3 is 5.32 Å². The van der Waals surface area contributed by atoms with Gasteiger partial charge in [-0.25, -0.2) is 10.8 Å². The maximum Gasteiger partial charge on any atom is 0.206 e. The summed E-state index contributed by atoms with van der Waals surface area (Å²) >= 11 is 0. The first-order valence-corrected chi connectivity index (χ1v) is 4.92. The molecule has 0 amide bonds. The molecule has 1 aliphatic carbocycles. The molecule has 1 fully saturated rings. The van der Waals surface area contributed by atoms with Crippen LogP contribution < -0.4 is 16.6 Å². The second-order valence-electron chi connectivity index (χ2n) is 4.15. The Morgan fingerprint density at radius 3 is 2.46 bits per heavy atom. The number of hydrazine groups is 1. The van der Waals surface area contributed by atoms with Gasteiger partial charge in [-0.05, 0) is 32.6 Å². The first-order chi connectivity index (χ1) is 6.11. The summed E-state index contributed by atoms with van der Waals surface area (Å²) in [6, 6.07) is 0.833. The van der Waals surface area contributed by atoms with Gasteiger partial charge in [0.15, 0.2) is 0 Å². The van der Waals surface area contributed by atoms with Crippen LogP contribution in [0.5, 0.6) is 0 Å². The zero-order valence-corrected chi connectivity index (χ0v) is 8.67. The lowest BCUT2D eigenvalue weighted by Crippen LogP contribution is -2.46. The number of nitrogens with two attached hydrogens (primary N) is 1. The third-order valence-corrected chi connectivity index (χ3v) is 2.22. The van der Waals surface area contributed by atoms with E-state index in [9.17, 15) is 0 Å². The molecule has 0 aromatic carbocycles. The van der Waals surface area contributed by atoms with Crippen molar-refractivity contribution in [3.05, 3.63) is 0 Å². The van der Waals surface area contributed by atoms with Crippen molar-refractivity contribution in [2.45, 2.75) is 45.7 Å². The van der Waals surface area contributed by atoms with Gasteiger partial charge in [-0.3, -0.25) is 5.43 Å². The average Bonchev–Trinajstić information content (AvgIpc) is 1.99. The minimum Gasteiger partial charge on any atom is -0.353 e. The lowest BCUT2D eigenvalue weighted by Gasteiger charge is -2.30. The zero-order chi connectivity index (χ0) is 9.84. The van der Waals surface area contributed by atoms with Crippen molar-refractivity contribution >= 4 is 5.96 Å². The number of aliphatic imine (C=N–C) groups is 1. The molecule has 0 heterocycles. The van der Waals surface area contributed by atoms with Crippen molar-refractivity contribution in [1.29, 1.82) is 0 Å². The van der Waals surface area contributed by atoms with Gasteiger partial charge in [0.1, 0.15) is 0 Å². The van der Waals surface area contributed by atoms with Crippen molar-refractivity contribution in [3.8, 4) is 0 Å². The Hall–Kier alpha value is -0.770. The quantitative estimate of drug-likeness (QED) is 0.255. The van der Waals surface area contributed by atoms with Crippen LogP contribution in [-0.2, 0) is 0 Å². The van der Waals surface area contributed by atoms with E-state index < -0.39 is 0 Å². The minimum atomic E-state index is 0.368. The van der Waals surface area contributed by atoms with Crippen molar-refractivity contribution in [2.75, 3.05) is 0 Å². The topological polar surface area (TPSA) is 62.4 Å². The van der Waals surface area contributed by atoms with Crippen molar-refractivity contribution in [3.63, 3.8) is 0 Å². The van der Waals surface area contributed by atoms with E-state index in [1.165, 1.54) is 12.8 Å². The fraction of sp³-hybridized carbons (Fsp3) is 0.889. The Labute approximate surface area is 80.0 Å². The predicted octanol–water partition coefficient (Wildman–Crippen LogP) is 0.602. The third kappa shape index (κ3) is 3.22. The number of nitrogens with zero attached hydrogens (tertiary/aromatic N) is 1. The Bertz CT molecular complexity index is 182. The maximum absolute atomic E-state index is 5.34. The molecule has 1 aliphatic rings. The van der Waals surface area contributed by atoms with Crippen LogP contribution in [0.2, 0.25) is 0 Å². The highest BCUT2D eigenvalue weighted by molar-refractivity contribution is 5.79. The van der Waals surface area contributed by atoms with Crippen molar-refractivity contribution < 1.29 is 0 Å². The van der Waals surface area contributed by atoms with Gasteiger partial charge in [0.25, 0.3) is 0 Å². The SMILES string of the molecule is CC1CC(N=C(NN)NC(C)C)C1. The number of guanidine groups is 1. The Morgan fingerprint density at radius 1 is 1.46 bits per heavy atom. The van der Waals surface area contributed by atoms with Gasteiger partial charge in [-0.15, -0.1) is 0 Å². The molecule has 0 spiro atoms. The highest BCUT2D eigenvalue weighted by atomic mass is 15.3. The molecule has 0 atom stereocenters. The Balaban J connectivity index is 2.36. The lowest BCUT2D eigenvalue weighted by molar-refractivity contribution is 0.290. The Morgan fingerprint density at radius 2 is 2.08 bits per heavy atom. The van der Waals surface area contributed by atoms with Crippen LogP contribution in [0.1, 0.15) is 33.6 Å². The molecule has 0 bridgehead atoms. The molecule has 0 aromatic heterocycles. The predicted molar refractivity (Wildman–Crippen MR) is 55.2 cm³/mol. The van der Waals surface area contributed by atoms with Gasteiger partial charge in [0.2, 0.25) is 5.96 Å².